The van der Waals surface area contributed by atoms with Gasteiger partial charge in [-0.1, -0.05) is 35.9 Å². The van der Waals surface area contributed by atoms with Crippen LogP contribution >= 0.6 is 11.6 Å². The molecule has 0 bridgehead atoms. The summed E-state index contributed by atoms with van der Waals surface area (Å²) in [7, 11) is 0. The molecule has 0 unspecified atom stereocenters. The average Bonchev–Trinajstić information content (AvgIpc) is 2.44. The number of rotatable bonds is 2. The molecule has 0 radical (unpaired) electrons. The summed E-state index contributed by atoms with van der Waals surface area (Å²) in [6.07, 6.45) is 3.31. The molecule has 1 aromatic carbocycles. The van der Waals surface area contributed by atoms with E-state index in [1.165, 1.54) is 5.56 Å². The lowest BCUT2D eigenvalue weighted by Crippen LogP contribution is -1.89. The van der Waals surface area contributed by atoms with E-state index in [-0.39, 0.29) is 0 Å². The number of nitriles is 1. The molecule has 0 aliphatic heterocycles. The first-order valence-corrected chi connectivity index (χ1v) is 6.29. The van der Waals surface area contributed by atoms with Crippen LogP contribution < -0.4 is 0 Å². The van der Waals surface area contributed by atoms with E-state index < -0.39 is 0 Å². The van der Waals surface area contributed by atoms with Crippen molar-refractivity contribution in [3.8, 4) is 6.07 Å². The number of aromatic nitrogens is 1. The molecule has 2 nitrogen and oxygen atoms in total. The molecule has 0 aliphatic rings. The maximum atomic E-state index is 9.31. The number of halogens is 1. The molecule has 0 saturated heterocycles. The standard InChI is InChI=1S/C16H13ClN2/c1-11-5-6-13(8-12(11)2)16(17)15(9-18)14-4-3-7-19-10-14/h3-8,10H,1-2H3/b16-15+. The van der Waals surface area contributed by atoms with Gasteiger partial charge in [0, 0.05) is 18.0 Å². The van der Waals surface area contributed by atoms with Crippen molar-refractivity contribution in [3.05, 3.63) is 65.0 Å². The van der Waals surface area contributed by atoms with E-state index in [1.807, 2.05) is 38.1 Å². The molecule has 2 aromatic rings. The Morgan fingerprint density at radius 1 is 1.16 bits per heavy atom. The van der Waals surface area contributed by atoms with Crippen molar-refractivity contribution < 1.29 is 0 Å². The molecule has 94 valence electrons. The summed E-state index contributed by atoms with van der Waals surface area (Å²) in [5.74, 6) is 0. The highest BCUT2D eigenvalue weighted by Gasteiger charge is 2.10. The minimum atomic E-state index is 0.443. The highest BCUT2D eigenvalue weighted by molar-refractivity contribution is 6.53. The first kappa shape index (κ1) is 13.3. The van der Waals surface area contributed by atoms with Gasteiger partial charge in [0.25, 0.3) is 0 Å². The maximum Gasteiger partial charge on any atom is 0.101 e. The summed E-state index contributed by atoms with van der Waals surface area (Å²) >= 11 is 6.36. The van der Waals surface area contributed by atoms with Gasteiger partial charge < -0.3 is 0 Å². The fourth-order valence-corrected chi connectivity index (χ4v) is 2.04. The lowest BCUT2D eigenvalue weighted by Gasteiger charge is -2.07. The van der Waals surface area contributed by atoms with E-state index in [0.717, 1.165) is 16.7 Å². The first-order chi connectivity index (χ1) is 9.13. The third-order valence-electron chi connectivity index (χ3n) is 3.04. The van der Waals surface area contributed by atoms with Gasteiger partial charge in [-0.2, -0.15) is 5.26 Å². The molecule has 19 heavy (non-hydrogen) atoms. The Kier molecular flexibility index (Phi) is 3.99. The van der Waals surface area contributed by atoms with Gasteiger partial charge in [-0.3, -0.25) is 4.98 Å². The topological polar surface area (TPSA) is 36.7 Å². The van der Waals surface area contributed by atoms with Crippen LogP contribution in [0.15, 0.2) is 42.7 Å². The van der Waals surface area contributed by atoms with Crippen molar-refractivity contribution in [2.75, 3.05) is 0 Å². The van der Waals surface area contributed by atoms with Gasteiger partial charge in [-0.25, -0.2) is 0 Å². The summed E-state index contributed by atoms with van der Waals surface area (Å²) in [5, 5.41) is 9.77. The second-order valence-corrected chi connectivity index (χ2v) is 4.72. The third-order valence-corrected chi connectivity index (χ3v) is 3.45. The number of hydrogen-bond donors (Lipinski definition) is 0. The second-order valence-electron chi connectivity index (χ2n) is 4.34. The normalized spacial score (nSPS) is 11.7. The summed E-state index contributed by atoms with van der Waals surface area (Å²) < 4.78 is 0. The molecule has 1 aromatic heterocycles. The van der Waals surface area contributed by atoms with Crippen molar-refractivity contribution in [1.29, 1.82) is 5.26 Å². The van der Waals surface area contributed by atoms with Crippen LogP contribution in [-0.4, -0.2) is 4.98 Å². The fraction of sp³-hybridized carbons (Fsp3) is 0.125. The molecule has 1 heterocycles. The zero-order valence-electron chi connectivity index (χ0n) is 10.8. The van der Waals surface area contributed by atoms with Crippen LogP contribution in [-0.2, 0) is 0 Å². The van der Waals surface area contributed by atoms with Crippen LogP contribution in [0.5, 0.6) is 0 Å². The van der Waals surface area contributed by atoms with Crippen LogP contribution in [0.4, 0.5) is 0 Å². The minimum absolute atomic E-state index is 0.443. The molecule has 0 amide bonds. The van der Waals surface area contributed by atoms with Crippen molar-refractivity contribution >= 4 is 22.2 Å². The summed E-state index contributed by atoms with van der Waals surface area (Å²) in [6, 6.07) is 11.7. The van der Waals surface area contributed by atoms with Gasteiger partial charge in [0.1, 0.15) is 6.07 Å². The Bertz CT molecular complexity index is 667. The molecule has 0 N–H and O–H groups in total. The number of allylic oxidation sites excluding steroid dienone is 1. The number of benzene rings is 1. The largest absolute Gasteiger partial charge is 0.264 e. The number of pyridine rings is 1. The Balaban J connectivity index is 2.56. The van der Waals surface area contributed by atoms with Crippen molar-refractivity contribution in [2.45, 2.75) is 13.8 Å². The van der Waals surface area contributed by atoms with Crippen molar-refractivity contribution in [1.82, 2.24) is 4.98 Å². The molecule has 0 saturated carbocycles. The Hall–Kier alpha value is -2.11. The van der Waals surface area contributed by atoms with Crippen LogP contribution in [0.1, 0.15) is 22.3 Å². The number of hydrogen-bond acceptors (Lipinski definition) is 2. The molecule has 0 fully saturated rings. The van der Waals surface area contributed by atoms with E-state index in [2.05, 4.69) is 11.1 Å². The maximum absolute atomic E-state index is 9.31. The predicted octanol–water partition coefficient (Wildman–Crippen LogP) is 4.33. The van der Waals surface area contributed by atoms with Crippen LogP contribution in [0.2, 0.25) is 0 Å². The Labute approximate surface area is 118 Å². The fourth-order valence-electron chi connectivity index (χ4n) is 1.77. The molecular weight excluding hydrogens is 256 g/mol. The Morgan fingerprint density at radius 3 is 2.53 bits per heavy atom. The SMILES string of the molecule is Cc1ccc(/C(Cl)=C(/C#N)c2cccnc2)cc1C. The van der Waals surface area contributed by atoms with Crippen LogP contribution in [0.25, 0.3) is 10.6 Å². The summed E-state index contributed by atoms with van der Waals surface area (Å²) in [4.78, 5) is 4.02. The van der Waals surface area contributed by atoms with E-state index in [4.69, 9.17) is 11.6 Å². The number of nitrogens with zero attached hydrogens (tertiary/aromatic N) is 2. The average molecular weight is 269 g/mol. The summed E-state index contributed by atoms with van der Waals surface area (Å²) in [5.41, 5.74) is 4.38. The number of aryl methyl sites for hydroxylation is 2. The molecule has 0 atom stereocenters. The van der Waals surface area contributed by atoms with Crippen molar-refractivity contribution in [2.24, 2.45) is 0 Å². The van der Waals surface area contributed by atoms with Crippen LogP contribution in [0, 0.1) is 25.2 Å². The quantitative estimate of drug-likeness (QED) is 0.760. The lowest BCUT2D eigenvalue weighted by atomic mass is 10.0. The zero-order valence-corrected chi connectivity index (χ0v) is 11.6. The molecule has 0 aliphatic carbocycles. The minimum Gasteiger partial charge on any atom is -0.264 e. The van der Waals surface area contributed by atoms with E-state index >= 15 is 0 Å². The smallest absolute Gasteiger partial charge is 0.101 e. The lowest BCUT2D eigenvalue weighted by molar-refractivity contribution is 1.31. The third kappa shape index (κ3) is 2.83. The highest BCUT2D eigenvalue weighted by Crippen LogP contribution is 2.29. The first-order valence-electron chi connectivity index (χ1n) is 5.91. The van der Waals surface area contributed by atoms with Gasteiger partial charge in [0.2, 0.25) is 0 Å². The van der Waals surface area contributed by atoms with E-state index in [9.17, 15) is 5.26 Å². The monoisotopic (exact) mass is 268 g/mol. The molecule has 0 spiro atoms. The van der Waals surface area contributed by atoms with E-state index in [1.54, 1.807) is 18.5 Å². The zero-order chi connectivity index (χ0) is 13.8. The van der Waals surface area contributed by atoms with Gasteiger partial charge in [-0.15, -0.1) is 0 Å². The molecule has 2 rings (SSSR count). The predicted molar refractivity (Wildman–Crippen MR) is 78.4 cm³/mol. The second kappa shape index (κ2) is 5.69. The summed E-state index contributed by atoms with van der Waals surface area (Å²) in [6.45, 7) is 4.07. The van der Waals surface area contributed by atoms with E-state index in [0.29, 0.717) is 10.6 Å². The van der Waals surface area contributed by atoms with Gasteiger partial charge in [0.05, 0.1) is 10.6 Å². The van der Waals surface area contributed by atoms with Gasteiger partial charge >= 0.3 is 0 Å². The van der Waals surface area contributed by atoms with Crippen LogP contribution in [0.3, 0.4) is 0 Å². The van der Waals surface area contributed by atoms with Crippen molar-refractivity contribution in [3.63, 3.8) is 0 Å². The van der Waals surface area contributed by atoms with Gasteiger partial charge in [0.15, 0.2) is 0 Å². The molecule has 3 heteroatoms. The van der Waals surface area contributed by atoms with Gasteiger partial charge in [-0.05, 0) is 36.6 Å². The highest BCUT2D eigenvalue weighted by atomic mass is 35.5. The Morgan fingerprint density at radius 2 is 1.95 bits per heavy atom. The molecular formula is C16H13ClN2.